The molecule has 2 heterocycles. The minimum absolute atomic E-state index is 0.0291. The Morgan fingerprint density at radius 2 is 2.59 bits per heavy atom. The van der Waals surface area contributed by atoms with Gasteiger partial charge in [-0.05, 0) is 25.3 Å². The van der Waals surface area contributed by atoms with Crippen LogP contribution in [0.15, 0.2) is 11.6 Å². The molecule has 1 amide bonds. The summed E-state index contributed by atoms with van der Waals surface area (Å²) < 4.78 is 0. The lowest BCUT2D eigenvalue weighted by Crippen LogP contribution is -2.41. The molecule has 5 nitrogen and oxygen atoms in total. The number of amides is 1. The van der Waals surface area contributed by atoms with Gasteiger partial charge < -0.3 is 10.4 Å². The second kappa shape index (κ2) is 6.09. The number of nitrogens with zero attached hydrogens (tertiary/aromatic N) is 2. The summed E-state index contributed by atoms with van der Waals surface area (Å²) in [6.45, 7) is 2.34. The van der Waals surface area contributed by atoms with Crippen LogP contribution in [-0.4, -0.2) is 47.1 Å². The molecule has 94 valence electrons. The first-order chi connectivity index (χ1) is 8.28. The fraction of sp³-hybridized carbons (Fsp3) is 0.636. The minimum Gasteiger partial charge on any atom is -0.396 e. The largest absolute Gasteiger partial charge is 0.396 e. The molecular weight excluding hydrogens is 238 g/mol. The lowest BCUT2D eigenvalue weighted by molar-refractivity contribution is -0.117. The summed E-state index contributed by atoms with van der Waals surface area (Å²) in [5.74, 6) is 0.287. The third kappa shape index (κ3) is 3.76. The third-order valence-corrected chi connectivity index (χ3v) is 3.60. The highest BCUT2D eigenvalue weighted by molar-refractivity contribution is 7.13. The van der Waals surface area contributed by atoms with E-state index in [0.717, 1.165) is 25.9 Å². The van der Waals surface area contributed by atoms with E-state index in [1.165, 1.54) is 11.3 Å². The van der Waals surface area contributed by atoms with Crippen molar-refractivity contribution in [1.29, 1.82) is 0 Å². The molecule has 1 atom stereocenters. The first-order valence-electron chi connectivity index (χ1n) is 5.80. The second-order valence-electron chi connectivity index (χ2n) is 4.31. The number of carbonyl (C=O) groups is 1. The number of hydrogen-bond donors (Lipinski definition) is 2. The lowest BCUT2D eigenvalue weighted by Gasteiger charge is -2.30. The number of piperidine rings is 1. The average Bonchev–Trinajstić information content (AvgIpc) is 2.82. The normalized spacial score (nSPS) is 21.4. The molecular formula is C11H17N3O2S. The Kier molecular flexibility index (Phi) is 4.47. The molecule has 1 saturated heterocycles. The highest BCUT2D eigenvalue weighted by Gasteiger charge is 2.21. The number of nitrogens with one attached hydrogen (secondary N) is 1. The van der Waals surface area contributed by atoms with E-state index in [9.17, 15) is 4.79 Å². The Balaban J connectivity index is 1.78. The van der Waals surface area contributed by atoms with E-state index in [4.69, 9.17) is 5.11 Å². The number of likely N-dealkylation sites (tertiary alicyclic amines) is 1. The Morgan fingerprint density at radius 1 is 1.71 bits per heavy atom. The van der Waals surface area contributed by atoms with Crippen molar-refractivity contribution in [1.82, 2.24) is 9.88 Å². The van der Waals surface area contributed by atoms with Gasteiger partial charge in [0.25, 0.3) is 0 Å². The molecule has 1 aliphatic rings. The van der Waals surface area contributed by atoms with E-state index in [1.807, 2.05) is 5.38 Å². The van der Waals surface area contributed by atoms with Crippen LogP contribution in [0.1, 0.15) is 12.8 Å². The quantitative estimate of drug-likeness (QED) is 0.834. The molecule has 0 spiro atoms. The summed E-state index contributed by atoms with van der Waals surface area (Å²) in [5.41, 5.74) is 0. The van der Waals surface area contributed by atoms with Gasteiger partial charge in [-0.1, -0.05) is 0 Å². The van der Waals surface area contributed by atoms with Gasteiger partial charge in [-0.3, -0.25) is 9.69 Å². The summed E-state index contributed by atoms with van der Waals surface area (Å²) in [6, 6.07) is 0. The molecule has 1 aliphatic heterocycles. The van der Waals surface area contributed by atoms with E-state index in [-0.39, 0.29) is 12.5 Å². The van der Waals surface area contributed by atoms with E-state index in [1.54, 1.807) is 6.20 Å². The number of aliphatic hydroxyl groups excluding tert-OH is 1. The van der Waals surface area contributed by atoms with E-state index < -0.39 is 0 Å². The SMILES string of the molecule is O=C(CN1CCC[C@H](CO)C1)Nc1nccs1. The van der Waals surface area contributed by atoms with Gasteiger partial charge >= 0.3 is 0 Å². The van der Waals surface area contributed by atoms with Gasteiger partial charge in [0.1, 0.15) is 0 Å². The van der Waals surface area contributed by atoms with Crippen LogP contribution in [0, 0.1) is 5.92 Å². The fourth-order valence-corrected chi connectivity index (χ4v) is 2.64. The van der Waals surface area contributed by atoms with Crippen molar-refractivity contribution in [3.8, 4) is 0 Å². The van der Waals surface area contributed by atoms with Crippen molar-refractivity contribution >= 4 is 22.4 Å². The maximum Gasteiger partial charge on any atom is 0.240 e. The molecule has 0 unspecified atom stereocenters. The maximum atomic E-state index is 11.7. The summed E-state index contributed by atoms with van der Waals surface area (Å²) >= 11 is 1.42. The monoisotopic (exact) mass is 255 g/mol. The average molecular weight is 255 g/mol. The van der Waals surface area contributed by atoms with Gasteiger partial charge in [0, 0.05) is 24.7 Å². The van der Waals surface area contributed by atoms with Crippen LogP contribution in [0.5, 0.6) is 0 Å². The van der Waals surface area contributed by atoms with Gasteiger partial charge in [0.05, 0.1) is 6.54 Å². The third-order valence-electron chi connectivity index (χ3n) is 2.91. The zero-order valence-corrected chi connectivity index (χ0v) is 10.4. The van der Waals surface area contributed by atoms with Crippen molar-refractivity contribution in [2.24, 2.45) is 5.92 Å². The van der Waals surface area contributed by atoms with E-state index in [0.29, 0.717) is 17.6 Å². The smallest absolute Gasteiger partial charge is 0.240 e. The molecule has 0 bridgehead atoms. The first kappa shape index (κ1) is 12.5. The molecule has 17 heavy (non-hydrogen) atoms. The summed E-state index contributed by atoms with van der Waals surface area (Å²) in [7, 11) is 0. The van der Waals surface area contributed by atoms with Gasteiger partial charge in [-0.25, -0.2) is 4.98 Å². The van der Waals surface area contributed by atoms with Crippen LogP contribution in [-0.2, 0) is 4.79 Å². The van der Waals surface area contributed by atoms with Crippen molar-refractivity contribution < 1.29 is 9.90 Å². The number of thiazole rings is 1. The summed E-state index contributed by atoms with van der Waals surface area (Å²) in [4.78, 5) is 17.8. The Hall–Kier alpha value is -0.980. The summed E-state index contributed by atoms with van der Waals surface area (Å²) in [6.07, 6.45) is 3.78. The Bertz CT molecular complexity index is 356. The number of rotatable bonds is 4. The lowest BCUT2D eigenvalue weighted by atomic mass is 9.99. The van der Waals surface area contributed by atoms with Gasteiger partial charge in [0.2, 0.25) is 5.91 Å². The zero-order chi connectivity index (χ0) is 12.1. The van der Waals surface area contributed by atoms with Crippen molar-refractivity contribution in [3.05, 3.63) is 11.6 Å². The van der Waals surface area contributed by atoms with Gasteiger partial charge in [0.15, 0.2) is 5.13 Å². The van der Waals surface area contributed by atoms with Crippen molar-refractivity contribution in [2.75, 3.05) is 31.6 Å². The standard InChI is InChI=1S/C11H17N3O2S/c15-8-9-2-1-4-14(6-9)7-10(16)13-11-12-3-5-17-11/h3,5,9,15H,1-2,4,6-8H2,(H,12,13,16)/t9-/m0/s1. The molecule has 1 aromatic rings. The maximum absolute atomic E-state index is 11.7. The Labute approximate surface area is 104 Å². The van der Waals surface area contributed by atoms with Gasteiger partial charge in [-0.15, -0.1) is 11.3 Å². The van der Waals surface area contributed by atoms with Crippen LogP contribution in [0.2, 0.25) is 0 Å². The molecule has 0 aromatic carbocycles. The predicted octanol–water partition coefficient (Wildman–Crippen LogP) is 0.786. The van der Waals surface area contributed by atoms with Gasteiger partial charge in [-0.2, -0.15) is 0 Å². The number of aliphatic hydroxyl groups is 1. The second-order valence-corrected chi connectivity index (χ2v) is 5.21. The molecule has 1 fully saturated rings. The molecule has 0 radical (unpaired) electrons. The van der Waals surface area contributed by atoms with Crippen LogP contribution in [0.4, 0.5) is 5.13 Å². The topological polar surface area (TPSA) is 65.5 Å². The van der Waals surface area contributed by atoms with Crippen LogP contribution >= 0.6 is 11.3 Å². The predicted molar refractivity (Wildman–Crippen MR) is 67.0 cm³/mol. The first-order valence-corrected chi connectivity index (χ1v) is 6.68. The number of aromatic nitrogens is 1. The van der Waals surface area contributed by atoms with Crippen molar-refractivity contribution in [2.45, 2.75) is 12.8 Å². The molecule has 6 heteroatoms. The number of carbonyl (C=O) groups excluding carboxylic acids is 1. The van der Waals surface area contributed by atoms with E-state index in [2.05, 4.69) is 15.2 Å². The molecule has 0 aliphatic carbocycles. The zero-order valence-electron chi connectivity index (χ0n) is 9.63. The molecule has 1 aromatic heterocycles. The number of hydrogen-bond acceptors (Lipinski definition) is 5. The molecule has 2 rings (SSSR count). The molecule has 0 saturated carbocycles. The highest BCUT2D eigenvalue weighted by atomic mass is 32.1. The summed E-state index contributed by atoms with van der Waals surface area (Å²) in [5, 5.41) is 14.4. The van der Waals surface area contributed by atoms with E-state index >= 15 is 0 Å². The number of anilines is 1. The molecule has 2 N–H and O–H groups in total. The Morgan fingerprint density at radius 3 is 3.29 bits per heavy atom. The highest BCUT2D eigenvalue weighted by Crippen LogP contribution is 2.16. The minimum atomic E-state index is -0.0291. The van der Waals surface area contributed by atoms with Crippen LogP contribution in [0.3, 0.4) is 0 Å². The van der Waals surface area contributed by atoms with Crippen LogP contribution in [0.25, 0.3) is 0 Å². The fourth-order valence-electron chi connectivity index (χ4n) is 2.09. The van der Waals surface area contributed by atoms with Crippen molar-refractivity contribution in [3.63, 3.8) is 0 Å². The van der Waals surface area contributed by atoms with Crippen LogP contribution < -0.4 is 5.32 Å².